The van der Waals surface area contributed by atoms with Gasteiger partial charge in [0.2, 0.25) is 0 Å². The van der Waals surface area contributed by atoms with E-state index >= 15 is 0 Å². The topological polar surface area (TPSA) is 84.9 Å². The van der Waals surface area contributed by atoms with Crippen LogP contribution in [0, 0.1) is 5.92 Å². The van der Waals surface area contributed by atoms with Crippen LogP contribution in [0.5, 0.6) is 0 Å². The first-order valence-corrected chi connectivity index (χ1v) is 9.04. The molecule has 1 fully saturated rings. The summed E-state index contributed by atoms with van der Waals surface area (Å²) in [5.74, 6) is 0.000153. The Morgan fingerprint density at radius 2 is 1.83 bits per heavy atom. The number of ether oxygens (including phenoxy) is 2. The first-order chi connectivity index (χ1) is 11.2. The molecule has 0 aliphatic heterocycles. The molecule has 1 saturated carbocycles. The summed E-state index contributed by atoms with van der Waals surface area (Å²) in [6.45, 7) is 7.37. The van der Waals surface area contributed by atoms with Gasteiger partial charge in [-0.15, -0.1) is 0 Å². The second kappa shape index (κ2) is 9.87. The van der Waals surface area contributed by atoms with E-state index in [0.29, 0.717) is 12.3 Å². The number of alkyl carbamates (subject to hydrolysis) is 1. The molecule has 2 N–H and O–H groups in total. The Kier molecular flexibility index (Phi) is 8.53. The van der Waals surface area contributed by atoms with Crippen LogP contribution in [-0.2, 0) is 14.3 Å². The molecule has 1 amide bonds. The fourth-order valence-electron chi connectivity index (χ4n) is 3.09. The van der Waals surface area contributed by atoms with E-state index in [2.05, 4.69) is 5.32 Å². The summed E-state index contributed by atoms with van der Waals surface area (Å²) in [6.07, 6.45) is 4.78. The van der Waals surface area contributed by atoms with E-state index in [4.69, 9.17) is 9.47 Å². The van der Waals surface area contributed by atoms with Crippen LogP contribution in [0.25, 0.3) is 0 Å². The van der Waals surface area contributed by atoms with E-state index in [9.17, 15) is 14.7 Å². The van der Waals surface area contributed by atoms with Crippen molar-refractivity contribution in [1.82, 2.24) is 5.32 Å². The van der Waals surface area contributed by atoms with Crippen molar-refractivity contribution in [3.8, 4) is 0 Å². The zero-order valence-corrected chi connectivity index (χ0v) is 15.5. The summed E-state index contributed by atoms with van der Waals surface area (Å²) in [5, 5.41) is 13.2. The molecule has 0 aromatic rings. The lowest BCUT2D eigenvalue weighted by Gasteiger charge is -2.30. The molecule has 1 aliphatic rings. The average Bonchev–Trinajstić information content (AvgIpc) is 2.45. The van der Waals surface area contributed by atoms with Gasteiger partial charge < -0.3 is 19.9 Å². The van der Waals surface area contributed by atoms with Crippen LogP contribution < -0.4 is 5.32 Å². The fourth-order valence-corrected chi connectivity index (χ4v) is 3.09. The Morgan fingerprint density at radius 1 is 1.21 bits per heavy atom. The minimum Gasteiger partial charge on any atom is -0.466 e. The van der Waals surface area contributed by atoms with E-state index in [1.54, 1.807) is 27.7 Å². The van der Waals surface area contributed by atoms with Gasteiger partial charge in [-0.25, -0.2) is 4.79 Å². The van der Waals surface area contributed by atoms with Gasteiger partial charge in [-0.1, -0.05) is 32.1 Å². The van der Waals surface area contributed by atoms with Crippen LogP contribution in [0.3, 0.4) is 0 Å². The number of aliphatic hydroxyl groups excluding tert-OH is 1. The Labute approximate surface area is 145 Å². The lowest BCUT2D eigenvalue weighted by atomic mass is 9.83. The number of rotatable bonds is 7. The molecule has 1 aliphatic carbocycles. The van der Waals surface area contributed by atoms with E-state index in [1.807, 2.05) is 0 Å². The van der Waals surface area contributed by atoms with Crippen molar-refractivity contribution in [2.75, 3.05) is 6.61 Å². The molecule has 0 spiro atoms. The summed E-state index contributed by atoms with van der Waals surface area (Å²) in [4.78, 5) is 23.7. The van der Waals surface area contributed by atoms with Crippen LogP contribution in [0.2, 0.25) is 0 Å². The smallest absolute Gasteiger partial charge is 0.407 e. The molecule has 0 saturated heterocycles. The molecule has 2 unspecified atom stereocenters. The Hall–Kier alpha value is -1.30. The molecule has 140 valence electrons. The molecular formula is C18H33NO5. The highest BCUT2D eigenvalue weighted by Gasteiger charge is 2.29. The van der Waals surface area contributed by atoms with Crippen LogP contribution in [-0.4, -0.2) is 41.5 Å². The van der Waals surface area contributed by atoms with E-state index in [0.717, 1.165) is 12.8 Å². The first-order valence-electron chi connectivity index (χ1n) is 9.04. The highest BCUT2D eigenvalue weighted by atomic mass is 16.6. The Bertz CT molecular complexity index is 399. The van der Waals surface area contributed by atoms with Crippen LogP contribution in [0.1, 0.15) is 72.6 Å². The minimum atomic E-state index is -0.974. The number of amides is 1. The molecule has 24 heavy (non-hydrogen) atoms. The SMILES string of the molecule is CCOC(=O)CC(O)C(CC1CCCCC1)NC(=O)OC(C)(C)C. The van der Waals surface area contributed by atoms with Crippen molar-refractivity contribution in [1.29, 1.82) is 0 Å². The van der Waals surface area contributed by atoms with Crippen LogP contribution >= 0.6 is 0 Å². The molecule has 0 radical (unpaired) electrons. The third kappa shape index (κ3) is 8.52. The van der Waals surface area contributed by atoms with E-state index < -0.39 is 29.8 Å². The zero-order chi connectivity index (χ0) is 18.2. The summed E-state index contributed by atoms with van der Waals surface area (Å²) < 4.78 is 10.2. The van der Waals surface area contributed by atoms with Crippen molar-refractivity contribution in [3.05, 3.63) is 0 Å². The van der Waals surface area contributed by atoms with Gasteiger partial charge >= 0.3 is 12.1 Å². The normalized spacial score (nSPS) is 18.5. The highest BCUT2D eigenvalue weighted by Crippen LogP contribution is 2.28. The number of hydrogen-bond acceptors (Lipinski definition) is 5. The van der Waals surface area contributed by atoms with Gasteiger partial charge in [0.05, 0.1) is 25.2 Å². The third-order valence-electron chi connectivity index (χ3n) is 4.16. The number of esters is 1. The van der Waals surface area contributed by atoms with Crippen molar-refractivity contribution in [2.45, 2.75) is 90.4 Å². The molecule has 1 rings (SSSR count). The Balaban J connectivity index is 2.66. The van der Waals surface area contributed by atoms with E-state index in [1.165, 1.54) is 19.3 Å². The van der Waals surface area contributed by atoms with E-state index in [-0.39, 0.29) is 13.0 Å². The summed E-state index contributed by atoms with van der Waals surface area (Å²) in [5.41, 5.74) is -0.606. The second-order valence-corrected chi connectivity index (χ2v) is 7.57. The Morgan fingerprint density at radius 3 is 2.38 bits per heavy atom. The standard InChI is InChI=1S/C18H33NO5/c1-5-23-16(21)12-15(20)14(11-13-9-7-6-8-10-13)19-17(22)24-18(2,3)4/h13-15,20H,5-12H2,1-4H3,(H,19,22). The van der Waals surface area contributed by atoms with Crippen molar-refractivity contribution < 1.29 is 24.2 Å². The van der Waals surface area contributed by atoms with Crippen molar-refractivity contribution in [3.63, 3.8) is 0 Å². The monoisotopic (exact) mass is 343 g/mol. The van der Waals surface area contributed by atoms with Crippen molar-refractivity contribution in [2.24, 2.45) is 5.92 Å². The first kappa shape index (κ1) is 20.7. The largest absolute Gasteiger partial charge is 0.466 e. The van der Waals surface area contributed by atoms with Gasteiger partial charge in [-0.3, -0.25) is 4.79 Å². The minimum absolute atomic E-state index is 0.124. The molecule has 6 nitrogen and oxygen atoms in total. The number of hydrogen-bond donors (Lipinski definition) is 2. The predicted molar refractivity (Wildman–Crippen MR) is 91.6 cm³/mol. The lowest BCUT2D eigenvalue weighted by molar-refractivity contribution is -0.145. The molecule has 0 aromatic heterocycles. The maximum absolute atomic E-state index is 12.1. The van der Waals surface area contributed by atoms with Gasteiger partial charge in [0.1, 0.15) is 5.60 Å². The van der Waals surface area contributed by atoms with Gasteiger partial charge in [-0.05, 0) is 40.0 Å². The lowest BCUT2D eigenvalue weighted by Crippen LogP contribution is -2.47. The van der Waals surface area contributed by atoms with Gasteiger partial charge in [0, 0.05) is 0 Å². The fraction of sp³-hybridized carbons (Fsp3) is 0.889. The van der Waals surface area contributed by atoms with Crippen LogP contribution in [0.15, 0.2) is 0 Å². The van der Waals surface area contributed by atoms with Gasteiger partial charge in [0.15, 0.2) is 0 Å². The highest BCUT2D eigenvalue weighted by molar-refractivity contribution is 5.71. The van der Waals surface area contributed by atoms with Crippen molar-refractivity contribution >= 4 is 12.1 Å². The summed E-state index contributed by atoms with van der Waals surface area (Å²) in [6, 6.07) is -0.507. The summed E-state index contributed by atoms with van der Waals surface area (Å²) >= 11 is 0. The number of nitrogens with one attached hydrogen (secondary N) is 1. The van der Waals surface area contributed by atoms with Crippen LogP contribution in [0.4, 0.5) is 4.79 Å². The quantitative estimate of drug-likeness (QED) is 0.694. The predicted octanol–water partition coefficient (Wildman–Crippen LogP) is 3.16. The molecule has 0 aromatic carbocycles. The maximum Gasteiger partial charge on any atom is 0.407 e. The number of aliphatic hydroxyl groups is 1. The maximum atomic E-state index is 12.1. The number of carbonyl (C=O) groups is 2. The molecule has 6 heteroatoms. The third-order valence-corrected chi connectivity index (χ3v) is 4.16. The number of carbonyl (C=O) groups excluding carboxylic acids is 2. The zero-order valence-electron chi connectivity index (χ0n) is 15.5. The molecule has 2 atom stereocenters. The summed E-state index contributed by atoms with van der Waals surface area (Å²) in [7, 11) is 0. The van der Waals surface area contributed by atoms with Gasteiger partial charge in [0.25, 0.3) is 0 Å². The molecular weight excluding hydrogens is 310 g/mol. The average molecular weight is 343 g/mol. The molecule has 0 heterocycles. The van der Waals surface area contributed by atoms with Gasteiger partial charge in [-0.2, -0.15) is 0 Å². The molecule has 0 bridgehead atoms. The second-order valence-electron chi connectivity index (χ2n) is 7.57.